The van der Waals surface area contributed by atoms with E-state index in [2.05, 4.69) is 45.7 Å². The number of unbranched alkanes of at least 4 members (excludes halogenated alkanes) is 1. The molecule has 4 aliphatic heterocycles. The van der Waals surface area contributed by atoms with E-state index in [4.69, 9.17) is 23.7 Å². The van der Waals surface area contributed by atoms with Gasteiger partial charge in [-0.05, 0) is 19.3 Å². The van der Waals surface area contributed by atoms with Gasteiger partial charge < -0.3 is 23.7 Å². The molecule has 4 rings (SSSR count). The number of hydrogen-bond donors (Lipinski definition) is 0. The number of hydrogen-bond acceptors (Lipinski definition) is 6. The molecule has 4 saturated heterocycles. The molecule has 0 unspecified atom stereocenters. The monoisotopic (exact) mass is 514 g/mol. The maximum Gasteiger partial charge on any atom is 0.305 e. The number of alkyl halides is 2. The third-order valence-electron chi connectivity index (χ3n) is 4.79. The standard InChI is InChI=1S/C10H17BrO3.C9H15BrO3/c1-9-6-12-10(13-7-9,14-8-9)4-2-3-5-11;1-9(5-12-6-9)7-13-8(11)3-2-4-10/h2-8H2,1H3;2-7H2,1H3. The topological polar surface area (TPSA) is 63.2 Å². The highest BCUT2D eigenvalue weighted by Crippen LogP contribution is 2.40. The van der Waals surface area contributed by atoms with Crippen molar-refractivity contribution in [3.05, 3.63) is 0 Å². The molecule has 158 valence electrons. The van der Waals surface area contributed by atoms with E-state index in [1.165, 1.54) is 0 Å². The first-order chi connectivity index (χ1) is 12.8. The largest absolute Gasteiger partial charge is 0.465 e. The summed E-state index contributed by atoms with van der Waals surface area (Å²) >= 11 is 6.68. The van der Waals surface area contributed by atoms with Crippen molar-refractivity contribution in [2.24, 2.45) is 10.8 Å². The van der Waals surface area contributed by atoms with E-state index in [1.54, 1.807) is 0 Å². The van der Waals surface area contributed by atoms with Crippen molar-refractivity contribution in [2.45, 2.75) is 51.9 Å². The van der Waals surface area contributed by atoms with Crippen LogP contribution in [0.3, 0.4) is 0 Å². The van der Waals surface area contributed by atoms with Crippen molar-refractivity contribution >= 4 is 37.8 Å². The molecule has 6 nitrogen and oxygen atoms in total. The highest BCUT2D eigenvalue weighted by atomic mass is 79.9. The first-order valence-electron chi connectivity index (χ1n) is 9.62. The van der Waals surface area contributed by atoms with Gasteiger partial charge in [0.1, 0.15) is 6.61 Å². The maximum absolute atomic E-state index is 11.1. The van der Waals surface area contributed by atoms with Gasteiger partial charge in [-0.2, -0.15) is 0 Å². The van der Waals surface area contributed by atoms with Crippen LogP contribution in [-0.4, -0.2) is 62.2 Å². The summed E-state index contributed by atoms with van der Waals surface area (Å²) in [6, 6.07) is 0. The Balaban J connectivity index is 0.000000194. The number of halogens is 2. The molecule has 4 heterocycles. The highest BCUT2D eigenvalue weighted by Gasteiger charge is 2.49. The summed E-state index contributed by atoms with van der Waals surface area (Å²) in [7, 11) is 0. The Bertz CT molecular complexity index is 445. The van der Waals surface area contributed by atoms with Crippen LogP contribution < -0.4 is 0 Å². The summed E-state index contributed by atoms with van der Waals surface area (Å²) in [6.07, 6.45) is 4.39. The molecule has 0 spiro atoms. The van der Waals surface area contributed by atoms with Gasteiger partial charge in [-0.1, -0.05) is 45.7 Å². The third kappa shape index (κ3) is 7.55. The summed E-state index contributed by atoms with van der Waals surface area (Å²) < 4.78 is 27.1. The van der Waals surface area contributed by atoms with Gasteiger partial charge in [0.25, 0.3) is 5.97 Å². The fourth-order valence-corrected chi connectivity index (χ4v) is 3.50. The van der Waals surface area contributed by atoms with Crippen molar-refractivity contribution in [1.82, 2.24) is 0 Å². The first kappa shape index (κ1) is 23.5. The summed E-state index contributed by atoms with van der Waals surface area (Å²) in [4.78, 5) is 11.1. The van der Waals surface area contributed by atoms with Crippen LogP contribution in [0.4, 0.5) is 0 Å². The molecular formula is C19H32Br2O6. The van der Waals surface area contributed by atoms with Crippen LogP contribution in [-0.2, 0) is 28.5 Å². The lowest BCUT2D eigenvalue weighted by Crippen LogP contribution is -2.58. The molecule has 0 aliphatic carbocycles. The minimum atomic E-state index is -0.708. The lowest BCUT2D eigenvalue weighted by Gasteiger charge is -2.50. The second-order valence-corrected chi connectivity index (χ2v) is 9.85. The fourth-order valence-electron chi connectivity index (χ4n) is 2.83. The molecule has 0 atom stereocenters. The van der Waals surface area contributed by atoms with Gasteiger partial charge in [-0.15, -0.1) is 0 Å². The van der Waals surface area contributed by atoms with Crippen molar-refractivity contribution in [3.63, 3.8) is 0 Å². The summed E-state index contributed by atoms with van der Waals surface area (Å²) in [5.74, 6) is -0.812. The van der Waals surface area contributed by atoms with Crippen molar-refractivity contribution < 1.29 is 28.5 Å². The van der Waals surface area contributed by atoms with E-state index in [-0.39, 0.29) is 16.8 Å². The molecule has 0 radical (unpaired) electrons. The average molecular weight is 516 g/mol. The van der Waals surface area contributed by atoms with Crippen LogP contribution >= 0.6 is 31.9 Å². The molecule has 0 aromatic rings. The minimum absolute atomic E-state index is 0.0735. The van der Waals surface area contributed by atoms with Crippen molar-refractivity contribution in [3.8, 4) is 0 Å². The second kappa shape index (κ2) is 10.9. The van der Waals surface area contributed by atoms with Crippen molar-refractivity contribution in [2.75, 3.05) is 50.3 Å². The Kier molecular flexibility index (Phi) is 9.49. The van der Waals surface area contributed by atoms with Crippen LogP contribution in [0.1, 0.15) is 46.0 Å². The molecule has 0 aromatic carbocycles. The zero-order chi connectivity index (χ0) is 19.8. The number of ether oxygens (including phenoxy) is 5. The lowest BCUT2D eigenvalue weighted by atomic mass is 9.90. The average Bonchev–Trinajstić information content (AvgIpc) is 2.65. The Labute approximate surface area is 179 Å². The first-order valence-corrected chi connectivity index (χ1v) is 11.9. The molecule has 0 amide bonds. The van der Waals surface area contributed by atoms with E-state index in [1.807, 2.05) is 0 Å². The Morgan fingerprint density at radius 3 is 2.00 bits per heavy atom. The van der Waals surface area contributed by atoms with Crippen LogP contribution in [0.25, 0.3) is 0 Å². The summed E-state index contributed by atoms with van der Waals surface area (Å²) in [5, 5.41) is 1.88. The molecule has 2 bridgehead atoms. The number of fused-ring (bicyclic) bond motifs is 3. The highest BCUT2D eigenvalue weighted by molar-refractivity contribution is 9.09. The SMILES string of the molecule is CC1(COC(=O)CCCBr)COC1.CC12COC(CCCCBr)(OC1)OC2. The van der Waals surface area contributed by atoms with Gasteiger partial charge in [0, 0.05) is 34.3 Å². The van der Waals surface area contributed by atoms with E-state index in [0.29, 0.717) is 26.2 Å². The molecule has 4 aliphatic rings. The van der Waals surface area contributed by atoms with Gasteiger partial charge in [-0.3, -0.25) is 4.79 Å². The zero-order valence-electron chi connectivity index (χ0n) is 16.4. The Hall–Kier alpha value is 0.270. The Morgan fingerprint density at radius 1 is 0.926 bits per heavy atom. The normalized spacial score (nSPS) is 30.8. The van der Waals surface area contributed by atoms with Gasteiger partial charge in [-0.25, -0.2) is 0 Å². The van der Waals surface area contributed by atoms with Gasteiger partial charge in [0.05, 0.1) is 33.0 Å². The molecule has 0 N–H and O–H groups in total. The second-order valence-electron chi connectivity index (χ2n) is 8.26. The molecular weight excluding hydrogens is 484 g/mol. The Morgan fingerprint density at radius 2 is 1.52 bits per heavy atom. The number of rotatable bonds is 9. The van der Waals surface area contributed by atoms with Crippen molar-refractivity contribution in [1.29, 1.82) is 0 Å². The van der Waals surface area contributed by atoms with Crippen LogP contribution in [0.5, 0.6) is 0 Å². The quantitative estimate of drug-likeness (QED) is 0.262. The minimum Gasteiger partial charge on any atom is -0.465 e. The van der Waals surface area contributed by atoms with E-state index in [0.717, 1.165) is 56.2 Å². The van der Waals surface area contributed by atoms with Crippen LogP contribution in [0.15, 0.2) is 0 Å². The lowest BCUT2D eigenvalue weighted by molar-refractivity contribution is -0.467. The zero-order valence-corrected chi connectivity index (χ0v) is 19.6. The predicted molar refractivity (Wildman–Crippen MR) is 109 cm³/mol. The predicted octanol–water partition coefficient (Wildman–Crippen LogP) is 4.03. The number of carbonyl (C=O) groups excluding carboxylic acids is 1. The van der Waals surface area contributed by atoms with Crippen LogP contribution in [0.2, 0.25) is 0 Å². The molecule has 0 aromatic heterocycles. The van der Waals surface area contributed by atoms with E-state index in [9.17, 15) is 4.79 Å². The van der Waals surface area contributed by atoms with E-state index >= 15 is 0 Å². The fraction of sp³-hybridized carbons (Fsp3) is 0.947. The molecule has 8 heteroatoms. The smallest absolute Gasteiger partial charge is 0.305 e. The maximum atomic E-state index is 11.1. The third-order valence-corrected chi connectivity index (χ3v) is 5.91. The van der Waals surface area contributed by atoms with E-state index < -0.39 is 5.97 Å². The summed E-state index contributed by atoms with van der Waals surface area (Å²) in [5.41, 5.74) is 0.154. The van der Waals surface area contributed by atoms with Crippen LogP contribution in [0, 0.1) is 10.8 Å². The molecule has 0 saturated carbocycles. The molecule has 27 heavy (non-hydrogen) atoms. The number of carbonyl (C=O) groups is 1. The number of esters is 1. The van der Waals surface area contributed by atoms with Gasteiger partial charge in [0.15, 0.2) is 0 Å². The van der Waals surface area contributed by atoms with Gasteiger partial charge >= 0.3 is 5.97 Å². The molecule has 4 fully saturated rings. The van der Waals surface area contributed by atoms with Gasteiger partial charge in [0.2, 0.25) is 0 Å². The summed E-state index contributed by atoms with van der Waals surface area (Å²) in [6.45, 7) is 8.40.